The predicted octanol–water partition coefficient (Wildman–Crippen LogP) is 1.60. The van der Waals surface area contributed by atoms with Gasteiger partial charge in [0.05, 0.1) is 12.4 Å². The van der Waals surface area contributed by atoms with Crippen LogP contribution < -0.4 is 4.74 Å². The number of carbonyl (C=O) groups is 1. The van der Waals surface area contributed by atoms with Gasteiger partial charge in [-0.15, -0.1) is 10.2 Å². The summed E-state index contributed by atoms with van der Waals surface area (Å²) in [5.74, 6) is -0.644. The standard InChI is InChI=1S/C11H8FN3O2/c1-7(16)17-9-2-3-11(12)10(4-9)8-5-13-15-14-6-8/h2-6H,1H3. The van der Waals surface area contributed by atoms with Gasteiger partial charge in [0.15, 0.2) is 0 Å². The van der Waals surface area contributed by atoms with Crippen molar-refractivity contribution in [2.45, 2.75) is 6.92 Å². The number of ether oxygens (including phenoxy) is 1. The molecule has 0 unspecified atom stereocenters. The molecule has 0 N–H and O–H groups in total. The first-order valence-corrected chi connectivity index (χ1v) is 4.78. The molecule has 2 aromatic rings. The van der Waals surface area contributed by atoms with Crippen molar-refractivity contribution in [3.8, 4) is 16.9 Å². The Kier molecular flexibility index (Phi) is 3.04. The Morgan fingerprint density at radius 1 is 1.29 bits per heavy atom. The van der Waals surface area contributed by atoms with Gasteiger partial charge in [0, 0.05) is 18.1 Å². The molecule has 17 heavy (non-hydrogen) atoms. The molecule has 5 nitrogen and oxygen atoms in total. The quantitative estimate of drug-likeness (QED) is 0.582. The third kappa shape index (κ3) is 2.60. The van der Waals surface area contributed by atoms with Gasteiger partial charge in [0.25, 0.3) is 0 Å². The van der Waals surface area contributed by atoms with Gasteiger partial charge in [-0.25, -0.2) is 4.39 Å². The van der Waals surface area contributed by atoms with Crippen molar-refractivity contribution in [3.63, 3.8) is 0 Å². The number of aromatic nitrogens is 3. The van der Waals surface area contributed by atoms with Crippen molar-refractivity contribution in [1.29, 1.82) is 0 Å². The lowest BCUT2D eigenvalue weighted by Crippen LogP contribution is -2.01. The molecule has 0 spiro atoms. The normalized spacial score (nSPS) is 10.0. The van der Waals surface area contributed by atoms with E-state index in [4.69, 9.17) is 4.74 Å². The van der Waals surface area contributed by atoms with E-state index in [2.05, 4.69) is 15.4 Å². The number of rotatable bonds is 2. The van der Waals surface area contributed by atoms with Crippen LogP contribution in [0.25, 0.3) is 11.1 Å². The molecule has 0 atom stereocenters. The van der Waals surface area contributed by atoms with Crippen molar-refractivity contribution in [2.24, 2.45) is 0 Å². The molecule has 1 heterocycles. The summed E-state index contributed by atoms with van der Waals surface area (Å²) in [6, 6.07) is 4.01. The number of halogens is 1. The topological polar surface area (TPSA) is 65.0 Å². The summed E-state index contributed by atoms with van der Waals surface area (Å²) in [6.07, 6.45) is 2.76. The van der Waals surface area contributed by atoms with Crippen molar-refractivity contribution < 1.29 is 13.9 Å². The highest BCUT2D eigenvalue weighted by atomic mass is 19.1. The maximum atomic E-state index is 13.6. The van der Waals surface area contributed by atoms with Crippen LogP contribution in [0, 0.1) is 5.82 Å². The van der Waals surface area contributed by atoms with E-state index >= 15 is 0 Å². The molecule has 1 aromatic carbocycles. The smallest absolute Gasteiger partial charge is 0.308 e. The number of nitrogens with zero attached hydrogens (tertiary/aromatic N) is 3. The van der Waals surface area contributed by atoms with Crippen LogP contribution in [0.15, 0.2) is 30.6 Å². The zero-order chi connectivity index (χ0) is 12.3. The summed E-state index contributed by atoms with van der Waals surface area (Å²) in [4.78, 5) is 10.8. The molecule has 0 bridgehead atoms. The molecule has 2 rings (SSSR count). The molecule has 0 aliphatic carbocycles. The molecule has 0 aliphatic heterocycles. The van der Waals surface area contributed by atoms with Gasteiger partial charge in [-0.1, -0.05) is 0 Å². The molecule has 0 aliphatic rings. The molecule has 6 heteroatoms. The highest BCUT2D eigenvalue weighted by Gasteiger charge is 2.08. The van der Waals surface area contributed by atoms with Crippen molar-refractivity contribution in [2.75, 3.05) is 0 Å². The van der Waals surface area contributed by atoms with Gasteiger partial charge in [-0.05, 0) is 23.4 Å². The maximum absolute atomic E-state index is 13.6. The fourth-order valence-corrected chi connectivity index (χ4v) is 1.33. The minimum Gasteiger partial charge on any atom is -0.427 e. The number of esters is 1. The third-order valence-corrected chi connectivity index (χ3v) is 2.01. The molecule has 1 aromatic heterocycles. The Balaban J connectivity index is 2.43. The zero-order valence-corrected chi connectivity index (χ0v) is 8.92. The summed E-state index contributed by atoms with van der Waals surface area (Å²) in [6.45, 7) is 1.28. The minimum absolute atomic E-state index is 0.256. The average molecular weight is 233 g/mol. The van der Waals surface area contributed by atoms with Crippen LogP contribution in [0.5, 0.6) is 5.75 Å². The first-order valence-electron chi connectivity index (χ1n) is 4.78. The van der Waals surface area contributed by atoms with E-state index in [1.54, 1.807) is 0 Å². The Morgan fingerprint density at radius 3 is 2.65 bits per heavy atom. The molecule has 86 valence electrons. The monoisotopic (exact) mass is 233 g/mol. The summed E-state index contributed by atoms with van der Waals surface area (Å²) >= 11 is 0. The Labute approximate surface area is 96.3 Å². The summed E-state index contributed by atoms with van der Waals surface area (Å²) < 4.78 is 18.4. The molecule has 0 fully saturated rings. The second kappa shape index (κ2) is 4.65. The Morgan fingerprint density at radius 2 is 2.00 bits per heavy atom. The van der Waals surface area contributed by atoms with Crippen LogP contribution in [-0.2, 0) is 4.79 Å². The molecular formula is C11H8FN3O2. The molecule has 0 radical (unpaired) electrons. The van der Waals surface area contributed by atoms with Gasteiger partial charge < -0.3 is 4.74 Å². The lowest BCUT2D eigenvalue weighted by molar-refractivity contribution is -0.131. The van der Waals surface area contributed by atoms with Gasteiger partial charge in [0.2, 0.25) is 0 Å². The van der Waals surface area contributed by atoms with Crippen LogP contribution in [-0.4, -0.2) is 21.4 Å². The Bertz CT molecular complexity index is 546. The van der Waals surface area contributed by atoms with Crippen molar-refractivity contribution in [3.05, 3.63) is 36.4 Å². The third-order valence-electron chi connectivity index (χ3n) is 2.01. The predicted molar refractivity (Wildman–Crippen MR) is 56.5 cm³/mol. The van der Waals surface area contributed by atoms with Gasteiger partial charge >= 0.3 is 5.97 Å². The first-order chi connectivity index (χ1) is 8.16. The zero-order valence-electron chi connectivity index (χ0n) is 8.92. The van der Waals surface area contributed by atoms with E-state index in [9.17, 15) is 9.18 Å². The maximum Gasteiger partial charge on any atom is 0.308 e. The Hall–Kier alpha value is -2.37. The summed E-state index contributed by atoms with van der Waals surface area (Å²) in [7, 11) is 0. The van der Waals surface area contributed by atoms with E-state index < -0.39 is 11.8 Å². The van der Waals surface area contributed by atoms with Crippen LogP contribution in [0.2, 0.25) is 0 Å². The summed E-state index contributed by atoms with van der Waals surface area (Å²) in [5.41, 5.74) is 0.720. The van der Waals surface area contributed by atoms with E-state index in [-0.39, 0.29) is 11.3 Å². The van der Waals surface area contributed by atoms with E-state index in [0.29, 0.717) is 5.56 Å². The molecule has 0 saturated carbocycles. The fourth-order valence-electron chi connectivity index (χ4n) is 1.33. The van der Waals surface area contributed by atoms with Crippen molar-refractivity contribution in [1.82, 2.24) is 15.4 Å². The van der Waals surface area contributed by atoms with Gasteiger partial charge in [-0.2, -0.15) is 0 Å². The van der Waals surface area contributed by atoms with Gasteiger partial charge in [0.1, 0.15) is 11.6 Å². The highest BCUT2D eigenvalue weighted by molar-refractivity contribution is 5.71. The largest absolute Gasteiger partial charge is 0.427 e. The van der Waals surface area contributed by atoms with Crippen LogP contribution >= 0.6 is 0 Å². The van der Waals surface area contributed by atoms with Crippen LogP contribution in [0.4, 0.5) is 4.39 Å². The van der Waals surface area contributed by atoms with E-state index in [0.717, 1.165) is 0 Å². The average Bonchev–Trinajstić information content (AvgIpc) is 2.32. The minimum atomic E-state index is -0.464. The fraction of sp³-hybridized carbons (Fsp3) is 0.0909. The van der Waals surface area contributed by atoms with Crippen molar-refractivity contribution >= 4 is 5.97 Å². The molecule has 0 saturated heterocycles. The highest BCUT2D eigenvalue weighted by Crippen LogP contribution is 2.25. The first kappa shape index (κ1) is 11.1. The van der Waals surface area contributed by atoms with Crippen LogP contribution in [0.1, 0.15) is 6.92 Å². The van der Waals surface area contributed by atoms with Crippen LogP contribution in [0.3, 0.4) is 0 Å². The number of hydrogen-bond acceptors (Lipinski definition) is 5. The lowest BCUT2D eigenvalue weighted by Gasteiger charge is -2.05. The van der Waals surface area contributed by atoms with E-state index in [1.807, 2.05) is 0 Å². The number of benzene rings is 1. The summed E-state index contributed by atoms with van der Waals surface area (Å²) in [5, 5.41) is 10.5. The lowest BCUT2D eigenvalue weighted by atomic mass is 10.1. The second-order valence-corrected chi connectivity index (χ2v) is 3.27. The van der Waals surface area contributed by atoms with Gasteiger partial charge in [-0.3, -0.25) is 4.79 Å². The molecule has 0 amide bonds. The molecular weight excluding hydrogens is 225 g/mol. The van der Waals surface area contributed by atoms with E-state index in [1.165, 1.54) is 37.5 Å². The SMILES string of the molecule is CC(=O)Oc1ccc(F)c(-c2cnnnc2)c1. The number of carbonyl (C=O) groups excluding carboxylic acids is 1. The second-order valence-electron chi connectivity index (χ2n) is 3.27. The number of hydrogen-bond donors (Lipinski definition) is 0.